The van der Waals surface area contributed by atoms with Crippen LogP contribution in [0.25, 0.3) is 0 Å². The quantitative estimate of drug-likeness (QED) is 0.684. The molecule has 25 heavy (non-hydrogen) atoms. The Morgan fingerprint density at radius 2 is 1.92 bits per heavy atom. The average molecular weight is 345 g/mol. The second-order valence-corrected chi connectivity index (χ2v) is 9.32. The number of rotatable bonds is 1. The fourth-order valence-corrected chi connectivity index (χ4v) is 7.27. The number of nitrogens with zero attached hydrogens (tertiary/aromatic N) is 1. The lowest BCUT2D eigenvalue weighted by Gasteiger charge is -2.60. The zero-order valence-corrected chi connectivity index (χ0v) is 16.0. The lowest BCUT2D eigenvalue weighted by molar-refractivity contribution is -0.155. The summed E-state index contributed by atoms with van der Waals surface area (Å²) in [5.74, 6) is 2.11. The maximum absolute atomic E-state index is 12.3. The number of methoxy groups -OCH3 is 1. The second-order valence-electron chi connectivity index (χ2n) is 9.32. The van der Waals surface area contributed by atoms with Crippen molar-refractivity contribution in [1.29, 1.82) is 0 Å². The minimum Gasteiger partial charge on any atom is -0.469 e. The van der Waals surface area contributed by atoms with E-state index in [-0.39, 0.29) is 28.6 Å². The number of esters is 1. The molecule has 0 spiro atoms. The number of carbonyl (C=O) groups excluding carboxylic acids is 2. The van der Waals surface area contributed by atoms with Crippen LogP contribution in [-0.4, -0.2) is 37.0 Å². The van der Waals surface area contributed by atoms with E-state index in [1.54, 1.807) is 6.08 Å². The molecule has 3 fully saturated rings. The predicted octanol–water partition coefficient (Wildman–Crippen LogP) is 3.42. The molecule has 0 radical (unpaired) electrons. The molecule has 138 valence electrons. The number of likely N-dealkylation sites (N-methyl/N-ethyl adjacent to an activating group) is 1. The molecule has 4 heteroatoms. The normalized spacial score (nSPS) is 48.6. The summed E-state index contributed by atoms with van der Waals surface area (Å²) in [6.07, 6.45) is 10.7. The Hall–Kier alpha value is -1.32. The molecule has 4 aliphatic rings. The van der Waals surface area contributed by atoms with Gasteiger partial charge in [0.15, 0.2) is 0 Å². The van der Waals surface area contributed by atoms with Crippen LogP contribution in [0.3, 0.4) is 0 Å². The molecule has 0 aromatic heterocycles. The second kappa shape index (κ2) is 5.59. The molecule has 4 nitrogen and oxygen atoms in total. The fourth-order valence-electron chi connectivity index (χ4n) is 7.27. The van der Waals surface area contributed by atoms with Crippen molar-refractivity contribution in [2.45, 2.75) is 58.4 Å². The van der Waals surface area contributed by atoms with Crippen LogP contribution in [0, 0.1) is 34.5 Å². The van der Waals surface area contributed by atoms with Crippen LogP contribution in [0.1, 0.15) is 52.4 Å². The first-order chi connectivity index (χ1) is 11.8. The van der Waals surface area contributed by atoms with Gasteiger partial charge in [0.05, 0.1) is 13.0 Å². The maximum Gasteiger partial charge on any atom is 0.309 e. The van der Waals surface area contributed by atoms with Crippen LogP contribution >= 0.6 is 0 Å². The van der Waals surface area contributed by atoms with Crippen LogP contribution < -0.4 is 0 Å². The number of carbonyl (C=O) groups is 2. The molecule has 1 unspecified atom stereocenters. The average Bonchev–Trinajstić information content (AvgIpc) is 2.95. The van der Waals surface area contributed by atoms with Crippen LogP contribution in [0.15, 0.2) is 12.2 Å². The molecule has 7 atom stereocenters. The first kappa shape index (κ1) is 17.1. The molecule has 4 rings (SSSR count). The molecule has 3 saturated carbocycles. The zero-order valence-electron chi connectivity index (χ0n) is 16.0. The van der Waals surface area contributed by atoms with E-state index in [9.17, 15) is 9.59 Å². The Labute approximate surface area is 151 Å². The Kier molecular flexibility index (Phi) is 3.82. The molecule has 0 bridgehead atoms. The highest BCUT2D eigenvalue weighted by Crippen LogP contribution is 2.65. The van der Waals surface area contributed by atoms with Gasteiger partial charge in [0.25, 0.3) is 0 Å². The summed E-state index contributed by atoms with van der Waals surface area (Å²) in [6.45, 7) is 4.70. The van der Waals surface area contributed by atoms with Crippen molar-refractivity contribution < 1.29 is 14.3 Å². The summed E-state index contributed by atoms with van der Waals surface area (Å²) < 4.78 is 5.12. The van der Waals surface area contributed by atoms with Gasteiger partial charge < -0.3 is 9.64 Å². The Morgan fingerprint density at radius 1 is 1.16 bits per heavy atom. The van der Waals surface area contributed by atoms with Crippen molar-refractivity contribution in [2.24, 2.45) is 34.5 Å². The van der Waals surface area contributed by atoms with E-state index in [4.69, 9.17) is 4.74 Å². The minimum atomic E-state index is -0.00811. The lowest BCUT2D eigenvalue weighted by Crippen LogP contribution is -2.59. The highest BCUT2D eigenvalue weighted by Gasteiger charge is 2.61. The first-order valence-electron chi connectivity index (χ1n) is 9.87. The summed E-state index contributed by atoms with van der Waals surface area (Å²) in [5, 5.41) is 0. The van der Waals surface area contributed by atoms with E-state index in [0.29, 0.717) is 23.8 Å². The van der Waals surface area contributed by atoms with Crippen molar-refractivity contribution >= 4 is 11.9 Å². The van der Waals surface area contributed by atoms with Crippen molar-refractivity contribution in [3.8, 4) is 0 Å². The third-order valence-electron chi connectivity index (χ3n) is 8.61. The highest BCUT2D eigenvalue weighted by atomic mass is 16.5. The number of fused-ring (bicyclic) bond motifs is 5. The summed E-state index contributed by atoms with van der Waals surface area (Å²) in [7, 11) is 3.49. The molecule has 0 aromatic carbocycles. The minimum absolute atomic E-state index is 0.00811. The molecule has 1 amide bonds. The molecule has 1 aliphatic heterocycles. The first-order valence-corrected chi connectivity index (χ1v) is 9.87. The molecule has 0 saturated heterocycles. The van der Waals surface area contributed by atoms with E-state index in [1.165, 1.54) is 13.5 Å². The summed E-state index contributed by atoms with van der Waals surface area (Å²) in [5.41, 5.74) is 0.174. The van der Waals surface area contributed by atoms with Crippen molar-refractivity contribution in [3.63, 3.8) is 0 Å². The monoisotopic (exact) mass is 345 g/mol. The van der Waals surface area contributed by atoms with Gasteiger partial charge in [-0.15, -0.1) is 0 Å². The van der Waals surface area contributed by atoms with E-state index in [2.05, 4.69) is 19.9 Å². The third kappa shape index (κ3) is 2.18. The standard InChI is InChI=1S/C21H31NO3/c1-20-11-9-15-13(14(20)6-7-16(20)19(24)25-4)5-8-17-21(15,2)12-10-18(23)22(17)3/h10,12-17H,5-9,11H2,1-4H3/t13-,14-,15-,16?,17+,20-,21+/m0/s1. The predicted molar refractivity (Wildman–Crippen MR) is 95.6 cm³/mol. The topological polar surface area (TPSA) is 46.6 Å². The van der Waals surface area contributed by atoms with E-state index in [1.807, 2.05) is 11.9 Å². The third-order valence-corrected chi connectivity index (χ3v) is 8.61. The van der Waals surface area contributed by atoms with Gasteiger partial charge in [0.1, 0.15) is 0 Å². The molecule has 0 aromatic rings. The summed E-state index contributed by atoms with van der Waals surface area (Å²) in [6, 6.07) is 0.327. The SMILES string of the molecule is COC(=O)C1CC[C@H]2[C@@H]3CC[C@H]4N(C)C(=O)C=C[C@]4(C)[C@H]3CC[C@]12C. The lowest BCUT2D eigenvalue weighted by atomic mass is 9.47. The fraction of sp³-hybridized carbons (Fsp3) is 0.810. The van der Waals surface area contributed by atoms with E-state index in [0.717, 1.165) is 32.1 Å². The van der Waals surface area contributed by atoms with Gasteiger partial charge in [-0.1, -0.05) is 19.9 Å². The highest BCUT2D eigenvalue weighted by molar-refractivity contribution is 5.89. The van der Waals surface area contributed by atoms with Gasteiger partial charge >= 0.3 is 5.97 Å². The number of hydrogen-bond donors (Lipinski definition) is 0. The van der Waals surface area contributed by atoms with Crippen LogP contribution in [0.4, 0.5) is 0 Å². The largest absolute Gasteiger partial charge is 0.469 e. The maximum atomic E-state index is 12.3. The van der Waals surface area contributed by atoms with Crippen molar-refractivity contribution in [2.75, 3.05) is 14.2 Å². The van der Waals surface area contributed by atoms with Gasteiger partial charge in [0, 0.05) is 18.5 Å². The molecular weight excluding hydrogens is 314 g/mol. The van der Waals surface area contributed by atoms with E-state index < -0.39 is 0 Å². The number of amides is 1. The van der Waals surface area contributed by atoms with Crippen LogP contribution in [0.2, 0.25) is 0 Å². The number of ether oxygens (including phenoxy) is 1. The summed E-state index contributed by atoms with van der Waals surface area (Å²) >= 11 is 0. The van der Waals surface area contributed by atoms with Gasteiger partial charge in [0.2, 0.25) is 5.91 Å². The van der Waals surface area contributed by atoms with Gasteiger partial charge in [-0.2, -0.15) is 0 Å². The van der Waals surface area contributed by atoms with Gasteiger partial charge in [-0.25, -0.2) is 0 Å². The smallest absolute Gasteiger partial charge is 0.309 e. The molecular formula is C21H31NO3. The Morgan fingerprint density at radius 3 is 2.64 bits per heavy atom. The molecule has 3 aliphatic carbocycles. The van der Waals surface area contributed by atoms with Crippen LogP contribution in [0.5, 0.6) is 0 Å². The van der Waals surface area contributed by atoms with Crippen molar-refractivity contribution in [3.05, 3.63) is 12.2 Å². The molecule has 1 heterocycles. The van der Waals surface area contributed by atoms with E-state index >= 15 is 0 Å². The van der Waals surface area contributed by atoms with Gasteiger partial charge in [-0.05, 0) is 67.8 Å². The molecule has 0 N–H and O–H groups in total. The van der Waals surface area contributed by atoms with Gasteiger partial charge in [-0.3, -0.25) is 9.59 Å². The number of hydrogen-bond acceptors (Lipinski definition) is 3. The summed E-state index contributed by atoms with van der Waals surface area (Å²) in [4.78, 5) is 26.4. The zero-order chi connectivity index (χ0) is 18.0. The van der Waals surface area contributed by atoms with Crippen LogP contribution in [-0.2, 0) is 14.3 Å². The van der Waals surface area contributed by atoms with Crippen molar-refractivity contribution in [1.82, 2.24) is 4.90 Å². The Bertz CT molecular complexity index is 629. The Balaban J connectivity index is 1.65.